The zero-order chi connectivity index (χ0) is 12.0. The topological polar surface area (TPSA) is 45.6 Å². The van der Waals surface area contributed by atoms with E-state index in [4.69, 9.17) is 0 Å². The molecule has 0 aliphatic rings. The first-order valence-corrected chi connectivity index (χ1v) is 4.95. The van der Waals surface area contributed by atoms with Crippen molar-refractivity contribution in [2.75, 3.05) is 14.1 Å². The Hall–Kier alpha value is -1.97. The van der Waals surface area contributed by atoms with Crippen molar-refractivity contribution in [3.05, 3.63) is 42.2 Å². The summed E-state index contributed by atoms with van der Waals surface area (Å²) in [6.07, 6.45) is 4.75. The Morgan fingerprint density at radius 3 is 2.69 bits per heavy atom. The fourth-order valence-corrected chi connectivity index (χ4v) is 1.14. The van der Waals surface area contributed by atoms with E-state index in [1.54, 1.807) is 35.5 Å². The van der Waals surface area contributed by atoms with Gasteiger partial charge in [0.2, 0.25) is 5.78 Å². The lowest BCUT2D eigenvalue weighted by Gasteiger charge is -2.03. The summed E-state index contributed by atoms with van der Waals surface area (Å²) >= 11 is 0. The third-order valence-corrected chi connectivity index (χ3v) is 1.75. The van der Waals surface area contributed by atoms with Crippen molar-refractivity contribution < 1.29 is 4.79 Å². The molecule has 0 aromatic carbocycles. The van der Waals surface area contributed by atoms with E-state index in [1.165, 1.54) is 6.08 Å². The monoisotopic (exact) mass is 217 g/mol. The van der Waals surface area contributed by atoms with Crippen LogP contribution in [-0.2, 0) is 0 Å². The molecular formula is C12H15N3O. The van der Waals surface area contributed by atoms with Crippen LogP contribution >= 0.6 is 0 Å². The number of allylic oxidation sites excluding steroid dienone is 2. The van der Waals surface area contributed by atoms with Crippen LogP contribution in [0, 0.1) is 0 Å². The standard InChI is InChI=1S/C12H15N3O/c1-10(14-15(2)3)7-8-12(16)11-6-4-5-9-13-11/h4-9H,1-3H3/b8-7+,14-10+. The number of pyridine rings is 1. The van der Waals surface area contributed by atoms with E-state index in [1.807, 2.05) is 21.0 Å². The highest BCUT2D eigenvalue weighted by atomic mass is 16.1. The number of carbonyl (C=O) groups excluding carboxylic acids is 1. The van der Waals surface area contributed by atoms with E-state index in [2.05, 4.69) is 10.1 Å². The molecule has 0 bridgehead atoms. The molecule has 0 unspecified atom stereocenters. The summed E-state index contributed by atoms with van der Waals surface area (Å²) < 4.78 is 0. The average Bonchev–Trinajstić information content (AvgIpc) is 2.26. The molecule has 4 nitrogen and oxygen atoms in total. The number of aromatic nitrogens is 1. The maximum absolute atomic E-state index is 11.6. The molecule has 1 rings (SSSR count). The Bertz CT molecular complexity index is 408. The molecular weight excluding hydrogens is 202 g/mol. The Morgan fingerprint density at radius 2 is 2.12 bits per heavy atom. The van der Waals surface area contributed by atoms with E-state index < -0.39 is 0 Å². The number of hydrazone groups is 1. The van der Waals surface area contributed by atoms with E-state index in [0.717, 1.165) is 5.71 Å². The van der Waals surface area contributed by atoms with E-state index >= 15 is 0 Å². The van der Waals surface area contributed by atoms with E-state index in [0.29, 0.717) is 5.69 Å². The lowest BCUT2D eigenvalue weighted by Crippen LogP contribution is -2.05. The molecule has 1 heterocycles. The predicted molar refractivity (Wildman–Crippen MR) is 64.5 cm³/mol. The van der Waals surface area contributed by atoms with Gasteiger partial charge < -0.3 is 5.01 Å². The third-order valence-electron chi connectivity index (χ3n) is 1.75. The van der Waals surface area contributed by atoms with Crippen LogP contribution in [0.3, 0.4) is 0 Å². The Kier molecular flexibility index (Phi) is 4.39. The number of carbonyl (C=O) groups is 1. The van der Waals surface area contributed by atoms with Gasteiger partial charge in [-0.25, -0.2) is 0 Å². The summed E-state index contributed by atoms with van der Waals surface area (Å²) in [5.74, 6) is -0.117. The minimum Gasteiger partial charge on any atom is -0.303 e. The molecule has 0 spiro atoms. The Morgan fingerprint density at radius 1 is 1.38 bits per heavy atom. The van der Waals surface area contributed by atoms with Crippen LogP contribution in [0.1, 0.15) is 17.4 Å². The lowest BCUT2D eigenvalue weighted by molar-refractivity contribution is 0.104. The summed E-state index contributed by atoms with van der Waals surface area (Å²) in [5, 5.41) is 5.82. The van der Waals surface area contributed by atoms with Gasteiger partial charge in [-0.15, -0.1) is 0 Å². The SMILES string of the molecule is CC(/C=C/C(=O)c1ccccn1)=N\N(C)C. The normalized spacial score (nSPS) is 11.8. The first kappa shape index (κ1) is 12.1. The second-order valence-electron chi connectivity index (χ2n) is 3.50. The number of hydrogen-bond donors (Lipinski definition) is 0. The number of hydrogen-bond acceptors (Lipinski definition) is 4. The van der Waals surface area contributed by atoms with Gasteiger partial charge in [0.05, 0.1) is 5.71 Å². The smallest absolute Gasteiger partial charge is 0.204 e. The van der Waals surface area contributed by atoms with Crippen molar-refractivity contribution in [1.82, 2.24) is 9.99 Å². The summed E-state index contributed by atoms with van der Waals surface area (Å²) in [6, 6.07) is 5.25. The van der Waals surface area contributed by atoms with Crippen molar-refractivity contribution in [1.29, 1.82) is 0 Å². The highest BCUT2D eigenvalue weighted by molar-refractivity contribution is 6.07. The molecule has 0 N–H and O–H groups in total. The molecule has 0 aliphatic carbocycles. The van der Waals surface area contributed by atoms with E-state index in [-0.39, 0.29) is 5.78 Å². The van der Waals surface area contributed by atoms with Crippen LogP contribution in [0.15, 0.2) is 41.6 Å². The van der Waals surface area contributed by atoms with Crippen LogP contribution in [-0.4, -0.2) is 35.6 Å². The molecule has 0 atom stereocenters. The quantitative estimate of drug-likeness (QED) is 0.334. The molecule has 84 valence electrons. The first-order chi connectivity index (χ1) is 7.59. The molecule has 1 aromatic rings. The second kappa shape index (κ2) is 5.80. The lowest BCUT2D eigenvalue weighted by atomic mass is 10.2. The second-order valence-corrected chi connectivity index (χ2v) is 3.50. The predicted octanol–water partition coefficient (Wildman–Crippen LogP) is 1.76. The molecule has 0 fully saturated rings. The Balaban J connectivity index is 2.69. The van der Waals surface area contributed by atoms with Gasteiger partial charge in [-0.05, 0) is 31.2 Å². The maximum Gasteiger partial charge on any atom is 0.204 e. The Labute approximate surface area is 95.3 Å². The zero-order valence-corrected chi connectivity index (χ0v) is 9.71. The van der Waals surface area contributed by atoms with Gasteiger partial charge in [0, 0.05) is 20.3 Å². The molecule has 4 heteroatoms. The average molecular weight is 217 g/mol. The molecule has 0 amide bonds. The molecule has 0 saturated carbocycles. The summed E-state index contributed by atoms with van der Waals surface area (Å²) in [4.78, 5) is 15.6. The minimum absolute atomic E-state index is 0.117. The van der Waals surface area contributed by atoms with Crippen molar-refractivity contribution in [3.63, 3.8) is 0 Å². The number of nitrogens with zero attached hydrogens (tertiary/aromatic N) is 3. The zero-order valence-electron chi connectivity index (χ0n) is 9.71. The maximum atomic E-state index is 11.6. The number of rotatable bonds is 4. The summed E-state index contributed by atoms with van der Waals surface area (Å²) in [7, 11) is 3.66. The van der Waals surface area contributed by atoms with Crippen LogP contribution < -0.4 is 0 Å². The van der Waals surface area contributed by atoms with Gasteiger partial charge >= 0.3 is 0 Å². The van der Waals surface area contributed by atoms with Crippen molar-refractivity contribution in [2.24, 2.45) is 5.10 Å². The molecule has 0 radical (unpaired) electrons. The molecule has 0 saturated heterocycles. The van der Waals surface area contributed by atoms with Crippen LogP contribution in [0.25, 0.3) is 0 Å². The van der Waals surface area contributed by atoms with Gasteiger partial charge in [0.1, 0.15) is 5.69 Å². The summed E-state index contributed by atoms with van der Waals surface area (Å²) in [6.45, 7) is 1.84. The van der Waals surface area contributed by atoms with Crippen LogP contribution in [0.4, 0.5) is 0 Å². The molecule has 16 heavy (non-hydrogen) atoms. The van der Waals surface area contributed by atoms with Gasteiger partial charge in [0.25, 0.3) is 0 Å². The fourth-order valence-electron chi connectivity index (χ4n) is 1.14. The van der Waals surface area contributed by atoms with Crippen LogP contribution in [0.5, 0.6) is 0 Å². The number of ketones is 1. The minimum atomic E-state index is -0.117. The van der Waals surface area contributed by atoms with Gasteiger partial charge in [0.15, 0.2) is 0 Å². The van der Waals surface area contributed by atoms with Crippen molar-refractivity contribution in [2.45, 2.75) is 6.92 Å². The fraction of sp³-hybridized carbons (Fsp3) is 0.250. The highest BCUT2D eigenvalue weighted by Gasteiger charge is 2.00. The van der Waals surface area contributed by atoms with Gasteiger partial charge in [-0.2, -0.15) is 5.10 Å². The molecule has 1 aromatic heterocycles. The summed E-state index contributed by atoms with van der Waals surface area (Å²) in [5.41, 5.74) is 1.21. The van der Waals surface area contributed by atoms with Gasteiger partial charge in [-0.1, -0.05) is 6.07 Å². The molecule has 0 aliphatic heterocycles. The van der Waals surface area contributed by atoms with Crippen molar-refractivity contribution >= 4 is 11.5 Å². The van der Waals surface area contributed by atoms with Crippen molar-refractivity contribution in [3.8, 4) is 0 Å². The van der Waals surface area contributed by atoms with E-state index in [9.17, 15) is 4.79 Å². The largest absolute Gasteiger partial charge is 0.303 e. The van der Waals surface area contributed by atoms with Gasteiger partial charge in [-0.3, -0.25) is 9.78 Å². The van der Waals surface area contributed by atoms with Crippen LogP contribution in [0.2, 0.25) is 0 Å². The first-order valence-electron chi connectivity index (χ1n) is 4.95. The third kappa shape index (κ3) is 4.04. The highest BCUT2D eigenvalue weighted by Crippen LogP contribution is 1.96.